The van der Waals surface area contributed by atoms with Crippen LogP contribution in [0.1, 0.15) is 15.9 Å². The lowest BCUT2D eigenvalue weighted by atomic mass is 10.2. The predicted octanol–water partition coefficient (Wildman–Crippen LogP) is 3.02. The van der Waals surface area contributed by atoms with Gasteiger partial charge in [-0.05, 0) is 11.6 Å². The maximum Gasteiger partial charge on any atom is 0.259 e. The smallest absolute Gasteiger partial charge is 0.259 e. The first kappa shape index (κ1) is 14.3. The molecule has 0 aliphatic carbocycles. The number of methoxy groups -OCH3 is 1. The zero-order valence-electron chi connectivity index (χ0n) is 11.3. The minimum Gasteiger partial charge on any atom is -0.480 e. The Morgan fingerprint density at radius 3 is 2.70 bits per heavy atom. The quantitative estimate of drug-likeness (QED) is 0.869. The highest BCUT2D eigenvalue weighted by molar-refractivity contribution is 6.30. The Balaban J connectivity index is 2.20. The number of aromatic nitrogens is 1. The number of amides is 1. The molecule has 1 amide bonds. The number of nitrogens with zero attached hydrogens (tertiary/aromatic N) is 2. The van der Waals surface area contributed by atoms with E-state index in [-0.39, 0.29) is 11.8 Å². The van der Waals surface area contributed by atoms with Crippen LogP contribution in [0.3, 0.4) is 0 Å². The summed E-state index contributed by atoms with van der Waals surface area (Å²) >= 11 is 5.89. The molecule has 0 saturated carbocycles. The number of hydrogen-bond acceptors (Lipinski definition) is 3. The number of benzene rings is 1. The fourth-order valence-electron chi connectivity index (χ4n) is 1.88. The van der Waals surface area contributed by atoms with Crippen LogP contribution in [0.25, 0.3) is 0 Å². The molecule has 0 fully saturated rings. The van der Waals surface area contributed by atoms with Crippen LogP contribution < -0.4 is 4.74 Å². The molecule has 1 heterocycles. The van der Waals surface area contributed by atoms with E-state index in [1.165, 1.54) is 13.3 Å². The molecule has 20 heavy (non-hydrogen) atoms. The number of halogens is 1. The molecule has 1 aromatic heterocycles. The van der Waals surface area contributed by atoms with Crippen molar-refractivity contribution in [1.29, 1.82) is 0 Å². The van der Waals surface area contributed by atoms with Crippen LogP contribution in [0.5, 0.6) is 5.88 Å². The van der Waals surface area contributed by atoms with Gasteiger partial charge in [0.1, 0.15) is 5.56 Å². The Labute approximate surface area is 123 Å². The molecule has 0 unspecified atom stereocenters. The van der Waals surface area contributed by atoms with Gasteiger partial charge in [-0.1, -0.05) is 41.9 Å². The molecule has 0 aliphatic rings. The summed E-state index contributed by atoms with van der Waals surface area (Å²) in [7, 11) is 3.21. The molecule has 0 bridgehead atoms. The Morgan fingerprint density at radius 2 is 2.05 bits per heavy atom. The van der Waals surface area contributed by atoms with Crippen LogP contribution >= 0.6 is 11.6 Å². The molecule has 1 aromatic carbocycles. The van der Waals surface area contributed by atoms with Crippen molar-refractivity contribution in [3.8, 4) is 5.88 Å². The first-order chi connectivity index (χ1) is 9.61. The minimum absolute atomic E-state index is 0.180. The lowest BCUT2D eigenvalue weighted by Crippen LogP contribution is -2.26. The van der Waals surface area contributed by atoms with E-state index in [4.69, 9.17) is 16.3 Å². The number of ether oxygens (including phenoxy) is 1. The molecule has 0 saturated heterocycles. The van der Waals surface area contributed by atoms with E-state index in [2.05, 4.69) is 4.98 Å². The highest BCUT2D eigenvalue weighted by Gasteiger charge is 2.18. The number of rotatable bonds is 4. The summed E-state index contributed by atoms with van der Waals surface area (Å²) < 4.78 is 5.10. The standard InChI is InChI=1S/C15H15ClN2O2/c1-18(10-11-6-4-3-5-7-11)15(19)13-8-12(16)9-17-14(13)20-2/h3-9H,10H2,1-2H3. The van der Waals surface area contributed by atoms with Crippen LogP contribution in [-0.4, -0.2) is 29.9 Å². The van der Waals surface area contributed by atoms with Crippen LogP contribution in [0.2, 0.25) is 5.02 Å². The van der Waals surface area contributed by atoms with Crippen molar-refractivity contribution in [2.45, 2.75) is 6.54 Å². The molecule has 4 nitrogen and oxygen atoms in total. The van der Waals surface area contributed by atoms with Gasteiger partial charge in [-0.15, -0.1) is 0 Å². The zero-order valence-corrected chi connectivity index (χ0v) is 12.1. The van der Waals surface area contributed by atoms with Crippen molar-refractivity contribution < 1.29 is 9.53 Å². The van der Waals surface area contributed by atoms with Crippen molar-refractivity contribution in [3.05, 3.63) is 58.7 Å². The lowest BCUT2D eigenvalue weighted by molar-refractivity contribution is 0.0781. The van der Waals surface area contributed by atoms with Gasteiger partial charge >= 0.3 is 0 Å². The number of carbonyl (C=O) groups excluding carboxylic acids is 1. The van der Waals surface area contributed by atoms with Crippen molar-refractivity contribution in [3.63, 3.8) is 0 Å². The maximum absolute atomic E-state index is 12.4. The van der Waals surface area contributed by atoms with E-state index in [1.807, 2.05) is 30.3 Å². The minimum atomic E-state index is -0.180. The van der Waals surface area contributed by atoms with Crippen molar-refractivity contribution >= 4 is 17.5 Å². The van der Waals surface area contributed by atoms with Gasteiger partial charge in [0.05, 0.1) is 12.1 Å². The Kier molecular flexibility index (Phi) is 4.58. The third kappa shape index (κ3) is 3.27. The predicted molar refractivity (Wildman–Crippen MR) is 78.0 cm³/mol. The second kappa shape index (κ2) is 6.39. The summed E-state index contributed by atoms with van der Waals surface area (Å²) in [5, 5.41) is 0.405. The first-order valence-electron chi connectivity index (χ1n) is 6.10. The van der Waals surface area contributed by atoms with Gasteiger partial charge in [-0.2, -0.15) is 0 Å². The normalized spacial score (nSPS) is 10.2. The zero-order chi connectivity index (χ0) is 14.5. The topological polar surface area (TPSA) is 42.4 Å². The van der Waals surface area contributed by atoms with Crippen LogP contribution in [0.15, 0.2) is 42.6 Å². The summed E-state index contributed by atoms with van der Waals surface area (Å²) in [6.07, 6.45) is 1.45. The van der Waals surface area contributed by atoms with Crippen LogP contribution in [-0.2, 0) is 6.54 Å². The van der Waals surface area contributed by atoms with Crippen molar-refractivity contribution in [2.24, 2.45) is 0 Å². The fourth-order valence-corrected chi connectivity index (χ4v) is 2.04. The molecule has 0 atom stereocenters. The van der Waals surface area contributed by atoms with E-state index >= 15 is 0 Å². The van der Waals surface area contributed by atoms with E-state index in [9.17, 15) is 4.79 Å². The van der Waals surface area contributed by atoms with Gasteiger partial charge in [0.15, 0.2) is 0 Å². The third-order valence-electron chi connectivity index (χ3n) is 2.85. The Hall–Kier alpha value is -2.07. The molecule has 0 spiro atoms. The van der Waals surface area contributed by atoms with E-state index < -0.39 is 0 Å². The van der Waals surface area contributed by atoms with Gasteiger partial charge < -0.3 is 9.64 Å². The fraction of sp³-hybridized carbons (Fsp3) is 0.200. The highest BCUT2D eigenvalue weighted by atomic mass is 35.5. The summed E-state index contributed by atoms with van der Waals surface area (Å²) in [5.74, 6) is 0.0972. The number of pyridine rings is 1. The molecule has 2 rings (SSSR count). The second-order valence-electron chi connectivity index (χ2n) is 4.36. The summed E-state index contributed by atoms with van der Waals surface area (Å²) in [5.41, 5.74) is 1.41. The third-order valence-corrected chi connectivity index (χ3v) is 3.06. The molecule has 5 heteroatoms. The van der Waals surface area contributed by atoms with Gasteiger partial charge in [0.25, 0.3) is 5.91 Å². The Morgan fingerprint density at radius 1 is 1.35 bits per heavy atom. The molecule has 2 aromatic rings. The summed E-state index contributed by atoms with van der Waals surface area (Å²) in [4.78, 5) is 18.0. The van der Waals surface area contributed by atoms with Crippen LogP contribution in [0, 0.1) is 0 Å². The van der Waals surface area contributed by atoms with Gasteiger partial charge in [-0.3, -0.25) is 4.79 Å². The molecule has 0 radical (unpaired) electrons. The maximum atomic E-state index is 12.4. The molecular weight excluding hydrogens is 276 g/mol. The van der Waals surface area contributed by atoms with Gasteiger partial charge in [0, 0.05) is 19.8 Å². The SMILES string of the molecule is COc1ncc(Cl)cc1C(=O)N(C)Cc1ccccc1. The van der Waals surface area contributed by atoms with Gasteiger partial charge in [0.2, 0.25) is 5.88 Å². The highest BCUT2D eigenvalue weighted by Crippen LogP contribution is 2.21. The second-order valence-corrected chi connectivity index (χ2v) is 4.79. The molecule has 0 N–H and O–H groups in total. The first-order valence-corrected chi connectivity index (χ1v) is 6.48. The Bertz CT molecular complexity index is 602. The lowest BCUT2D eigenvalue weighted by Gasteiger charge is -2.18. The average molecular weight is 291 g/mol. The molecule has 0 aliphatic heterocycles. The molecular formula is C15H15ClN2O2. The average Bonchev–Trinajstić information content (AvgIpc) is 2.47. The van der Waals surface area contributed by atoms with Crippen LogP contribution in [0.4, 0.5) is 0 Å². The number of carbonyl (C=O) groups is 1. The van der Waals surface area contributed by atoms with E-state index in [0.29, 0.717) is 17.1 Å². The summed E-state index contributed by atoms with van der Waals surface area (Å²) in [6, 6.07) is 11.3. The number of hydrogen-bond donors (Lipinski definition) is 0. The van der Waals surface area contributed by atoms with E-state index in [0.717, 1.165) is 5.56 Å². The van der Waals surface area contributed by atoms with Gasteiger partial charge in [-0.25, -0.2) is 4.98 Å². The largest absolute Gasteiger partial charge is 0.480 e. The monoisotopic (exact) mass is 290 g/mol. The summed E-state index contributed by atoms with van der Waals surface area (Å²) in [6.45, 7) is 0.509. The van der Waals surface area contributed by atoms with Crippen molar-refractivity contribution in [1.82, 2.24) is 9.88 Å². The van der Waals surface area contributed by atoms with E-state index in [1.54, 1.807) is 18.0 Å². The van der Waals surface area contributed by atoms with Crippen molar-refractivity contribution in [2.75, 3.05) is 14.2 Å². The molecule has 104 valence electrons.